The van der Waals surface area contributed by atoms with Crippen molar-refractivity contribution in [3.63, 3.8) is 0 Å². The number of ether oxygens (including phenoxy) is 1. The molecule has 2 atom stereocenters. The molecule has 1 saturated heterocycles. The zero-order valence-corrected chi connectivity index (χ0v) is 14.3. The van der Waals surface area contributed by atoms with Crippen LogP contribution >= 0.6 is 11.6 Å². The van der Waals surface area contributed by atoms with Gasteiger partial charge in [0.15, 0.2) is 0 Å². The Bertz CT molecular complexity index is 553. The van der Waals surface area contributed by atoms with Crippen molar-refractivity contribution in [2.45, 2.75) is 18.6 Å². The number of nitrogens with zero attached hydrogens (tertiary/aromatic N) is 2. The Morgan fingerprint density at radius 2 is 2.22 bits per heavy atom. The van der Waals surface area contributed by atoms with Gasteiger partial charge in [0.1, 0.15) is 5.75 Å². The van der Waals surface area contributed by atoms with E-state index in [-0.39, 0.29) is 11.9 Å². The van der Waals surface area contributed by atoms with Crippen molar-refractivity contribution >= 4 is 17.5 Å². The van der Waals surface area contributed by atoms with E-state index in [0.717, 1.165) is 6.42 Å². The number of hydrogen-bond acceptors (Lipinski definition) is 5. The number of hydrogen-bond donors (Lipinski definition) is 2. The largest absolute Gasteiger partial charge is 0.492 e. The average molecular weight is 342 g/mol. The van der Waals surface area contributed by atoms with E-state index < -0.39 is 6.10 Å². The van der Waals surface area contributed by atoms with Gasteiger partial charge in [-0.1, -0.05) is 11.6 Å². The molecule has 7 heteroatoms. The molecule has 0 aliphatic carbocycles. The van der Waals surface area contributed by atoms with Crippen LogP contribution in [0.25, 0.3) is 0 Å². The minimum absolute atomic E-state index is 0.0479. The van der Waals surface area contributed by atoms with Crippen LogP contribution in [0.2, 0.25) is 5.02 Å². The molecule has 1 aliphatic rings. The van der Waals surface area contributed by atoms with Crippen LogP contribution in [0.5, 0.6) is 5.75 Å². The Balaban J connectivity index is 2.04. The van der Waals surface area contributed by atoms with Gasteiger partial charge in [-0.15, -0.1) is 0 Å². The molecule has 2 rings (SSSR count). The number of rotatable bonds is 6. The molecule has 1 amide bonds. The maximum atomic E-state index is 12.6. The average Bonchev–Trinajstić information content (AvgIpc) is 2.90. The topological polar surface area (TPSA) is 79.0 Å². The van der Waals surface area contributed by atoms with Crippen LogP contribution < -0.4 is 10.5 Å². The highest BCUT2D eigenvalue weighted by Crippen LogP contribution is 2.27. The molecule has 0 bridgehead atoms. The smallest absolute Gasteiger partial charge is 0.254 e. The number of likely N-dealkylation sites (N-methyl/N-ethyl adjacent to an activating group) is 1. The number of β-amino-alcohol motifs (C(OH)–C–C–N with tert-alkyl or cyclic N) is 1. The predicted molar refractivity (Wildman–Crippen MR) is 90.0 cm³/mol. The minimum Gasteiger partial charge on any atom is -0.492 e. The summed E-state index contributed by atoms with van der Waals surface area (Å²) in [6, 6.07) is 4.95. The number of benzene rings is 1. The first-order chi connectivity index (χ1) is 10.9. The molecule has 1 aromatic carbocycles. The number of carbonyl (C=O) groups excluding carboxylic acids is 1. The number of aliphatic hydroxyl groups excluding tert-OH is 1. The van der Waals surface area contributed by atoms with Crippen LogP contribution in [-0.4, -0.2) is 73.3 Å². The lowest BCUT2D eigenvalue weighted by molar-refractivity contribution is 0.0764. The van der Waals surface area contributed by atoms with Crippen molar-refractivity contribution in [2.24, 2.45) is 5.73 Å². The second kappa shape index (κ2) is 7.97. The quantitative estimate of drug-likeness (QED) is 0.749. The Labute approximate surface area is 141 Å². The van der Waals surface area contributed by atoms with E-state index in [1.165, 1.54) is 0 Å². The molecular weight excluding hydrogens is 318 g/mol. The zero-order valence-electron chi connectivity index (χ0n) is 13.5. The third-order valence-corrected chi connectivity index (χ3v) is 4.29. The second-order valence-electron chi connectivity index (χ2n) is 5.94. The maximum absolute atomic E-state index is 12.6. The van der Waals surface area contributed by atoms with Crippen molar-refractivity contribution in [1.82, 2.24) is 9.80 Å². The molecule has 23 heavy (non-hydrogen) atoms. The van der Waals surface area contributed by atoms with Crippen molar-refractivity contribution in [2.75, 3.05) is 40.3 Å². The van der Waals surface area contributed by atoms with Gasteiger partial charge >= 0.3 is 0 Å². The van der Waals surface area contributed by atoms with Crippen LogP contribution in [0.15, 0.2) is 18.2 Å². The van der Waals surface area contributed by atoms with Gasteiger partial charge in [0, 0.05) is 18.7 Å². The van der Waals surface area contributed by atoms with Crippen molar-refractivity contribution in [1.29, 1.82) is 0 Å². The van der Waals surface area contributed by atoms with Gasteiger partial charge in [0.2, 0.25) is 0 Å². The lowest BCUT2D eigenvalue weighted by atomic mass is 10.2. The molecule has 1 aliphatic heterocycles. The van der Waals surface area contributed by atoms with E-state index in [9.17, 15) is 9.90 Å². The summed E-state index contributed by atoms with van der Waals surface area (Å²) < 4.78 is 5.52. The van der Waals surface area contributed by atoms with Gasteiger partial charge in [0.05, 0.1) is 23.8 Å². The summed E-state index contributed by atoms with van der Waals surface area (Å²) in [7, 11) is 3.79. The Hall–Kier alpha value is -1.34. The third kappa shape index (κ3) is 4.35. The number of halogens is 1. The van der Waals surface area contributed by atoms with E-state index in [0.29, 0.717) is 42.6 Å². The molecule has 128 valence electrons. The SMILES string of the molecule is CN(C)[C@@H]1CN(C(=O)c2ccc(OCCCN)c(Cl)c2)C[C@H]1O. The van der Waals surface area contributed by atoms with Gasteiger partial charge < -0.3 is 25.4 Å². The lowest BCUT2D eigenvalue weighted by Crippen LogP contribution is -2.38. The van der Waals surface area contributed by atoms with E-state index in [4.69, 9.17) is 22.1 Å². The monoisotopic (exact) mass is 341 g/mol. The first-order valence-corrected chi connectivity index (χ1v) is 8.08. The fourth-order valence-corrected chi connectivity index (χ4v) is 2.88. The molecular formula is C16H24ClN3O3. The van der Waals surface area contributed by atoms with Crippen LogP contribution in [0.1, 0.15) is 16.8 Å². The summed E-state index contributed by atoms with van der Waals surface area (Å²) in [4.78, 5) is 16.1. The van der Waals surface area contributed by atoms with E-state index in [1.807, 2.05) is 19.0 Å². The van der Waals surface area contributed by atoms with Gasteiger partial charge in [-0.2, -0.15) is 0 Å². The van der Waals surface area contributed by atoms with Crippen molar-refractivity contribution in [3.05, 3.63) is 28.8 Å². The molecule has 0 radical (unpaired) electrons. The fraction of sp³-hybridized carbons (Fsp3) is 0.562. The number of carbonyl (C=O) groups is 1. The Morgan fingerprint density at radius 1 is 1.48 bits per heavy atom. The summed E-state index contributed by atoms with van der Waals surface area (Å²) in [5.74, 6) is 0.410. The van der Waals surface area contributed by atoms with Crippen LogP contribution in [-0.2, 0) is 0 Å². The molecule has 1 heterocycles. The van der Waals surface area contributed by atoms with Crippen LogP contribution in [0, 0.1) is 0 Å². The molecule has 0 saturated carbocycles. The highest BCUT2D eigenvalue weighted by atomic mass is 35.5. The normalized spacial score (nSPS) is 21.0. The predicted octanol–water partition coefficient (Wildman–Crippen LogP) is 0.814. The minimum atomic E-state index is -0.539. The Morgan fingerprint density at radius 3 is 2.78 bits per heavy atom. The third-order valence-electron chi connectivity index (χ3n) is 3.99. The lowest BCUT2D eigenvalue weighted by Gasteiger charge is -2.21. The molecule has 1 fully saturated rings. The van der Waals surface area contributed by atoms with Crippen LogP contribution in [0.3, 0.4) is 0 Å². The summed E-state index contributed by atoms with van der Waals surface area (Å²) in [5.41, 5.74) is 5.91. The molecule has 3 N–H and O–H groups in total. The summed E-state index contributed by atoms with van der Waals surface area (Å²) in [5, 5.41) is 10.5. The molecule has 6 nitrogen and oxygen atoms in total. The van der Waals surface area contributed by atoms with Gasteiger partial charge in [0.25, 0.3) is 5.91 Å². The summed E-state index contributed by atoms with van der Waals surface area (Å²) in [6.07, 6.45) is 0.206. The second-order valence-corrected chi connectivity index (χ2v) is 6.35. The highest BCUT2D eigenvalue weighted by molar-refractivity contribution is 6.32. The first kappa shape index (κ1) is 18.0. The zero-order chi connectivity index (χ0) is 17.0. The van der Waals surface area contributed by atoms with Crippen molar-refractivity contribution in [3.8, 4) is 5.75 Å². The van der Waals surface area contributed by atoms with Gasteiger partial charge in [-0.3, -0.25) is 4.79 Å². The van der Waals surface area contributed by atoms with Crippen LogP contribution in [0.4, 0.5) is 0 Å². The van der Waals surface area contributed by atoms with E-state index >= 15 is 0 Å². The fourth-order valence-electron chi connectivity index (χ4n) is 2.64. The number of amides is 1. The number of likely N-dealkylation sites (tertiary alicyclic amines) is 1. The summed E-state index contributed by atoms with van der Waals surface area (Å²) in [6.45, 7) is 1.87. The van der Waals surface area contributed by atoms with E-state index in [2.05, 4.69) is 0 Å². The molecule has 1 aromatic rings. The number of nitrogens with two attached hydrogens (primary N) is 1. The molecule has 0 aromatic heterocycles. The Kier molecular flexibility index (Phi) is 6.24. The van der Waals surface area contributed by atoms with Gasteiger partial charge in [-0.05, 0) is 45.3 Å². The van der Waals surface area contributed by atoms with E-state index in [1.54, 1.807) is 23.1 Å². The maximum Gasteiger partial charge on any atom is 0.254 e. The molecule has 0 unspecified atom stereocenters. The first-order valence-electron chi connectivity index (χ1n) is 7.70. The van der Waals surface area contributed by atoms with Crippen molar-refractivity contribution < 1.29 is 14.6 Å². The highest BCUT2D eigenvalue weighted by Gasteiger charge is 2.35. The number of aliphatic hydroxyl groups is 1. The standard InChI is InChI=1S/C16H24ClN3O3/c1-19(2)13-9-20(10-14(13)21)16(22)11-4-5-15(12(17)8-11)23-7-3-6-18/h4-5,8,13-14,21H,3,6-7,9-10,18H2,1-2H3/t13-,14-/m1/s1. The summed E-state index contributed by atoms with van der Waals surface area (Å²) >= 11 is 6.18. The molecule has 0 spiro atoms. The van der Waals surface area contributed by atoms with Gasteiger partial charge in [-0.25, -0.2) is 0 Å².